The summed E-state index contributed by atoms with van der Waals surface area (Å²) in [6.45, 7) is 0.298. The minimum Gasteiger partial charge on any atom is -0.394 e. The highest BCUT2D eigenvalue weighted by Gasteiger charge is 2.11. The molecule has 2 rings (SSSR count). The van der Waals surface area contributed by atoms with Crippen molar-refractivity contribution in [3.63, 3.8) is 0 Å². The number of methoxy groups -OCH3 is 1. The maximum atomic E-state index is 9.19. The average Bonchev–Trinajstić information content (AvgIpc) is 2.39. The Morgan fingerprint density at radius 1 is 1.33 bits per heavy atom. The molecule has 96 valence electrons. The number of ether oxygens (including phenoxy) is 1. The van der Waals surface area contributed by atoms with Crippen molar-refractivity contribution in [1.82, 2.24) is 9.97 Å². The summed E-state index contributed by atoms with van der Waals surface area (Å²) < 4.78 is 4.98. The van der Waals surface area contributed by atoms with Gasteiger partial charge in [-0.2, -0.15) is 0 Å². The van der Waals surface area contributed by atoms with E-state index in [1.54, 1.807) is 7.11 Å². The summed E-state index contributed by atoms with van der Waals surface area (Å²) in [6, 6.07) is 7.21. The van der Waals surface area contributed by atoms with Crippen LogP contribution < -0.4 is 11.1 Å². The summed E-state index contributed by atoms with van der Waals surface area (Å²) in [4.78, 5) is 8.63. The lowest BCUT2D eigenvalue weighted by atomic mass is 10.3. The van der Waals surface area contributed by atoms with Gasteiger partial charge in [-0.05, 0) is 12.1 Å². The number of nitrogens with two attached hydrogens (primary N) is 1. The minimum absolute atomic E-state index is 0.0677. The Hall–Kier alpha value is -1.92. The molecule has 18 heavy (non-hydrogen) atoms. The Balaban J connectivity index is 2.29. The Morgan fingerprint density at radius 2 is 2.00 bits per heavy atom. The van der Waals surface area contributed by atoms with Crippen molar-refractivity contribution >= 4 is 22.7 Å². The van der Waals surface area contributed by atoms with Crippen LogP contribution in [0.4, 0.5) is 11.6 Å². The third kappa shape index (κ3) is 2.66. The van der Waals surface area contributed by atoms with Gasteiger partial charge in [-0.25, -0.2) is 9.97 Å². The first-order chi connectivity index (χ1) is 8.74. The molecule has 1 aromatic carbocycles. The molecule has 6 heteroatoms. The quantitative estimate of drug-likeness (QED) is 0.718. The van der Waals surface area contributed by atoms with Crippen LogP contribution >= 0.6 is 0 Å². The fourth-order valence-electron chi connectivity index (χ4n) is 1.65. The van der Waals surface area contributed by atoms with E-state index in [0.29, 0.717) is 18.2 Å². The van der Waals surface area contributed by atoms with Gasteiger partial charge in [-0.15, -0.1) is 0 Å². The summed E-state index contributed by atoms with van der Waals surface area (Å²) in [5, 5.41) is 12.2. The van der Waals surface area contributed by atoms with Crippen LogP contribution in [0, 0.1) is 0 Å². The number of aromatic nitrogens is 2. The standard InChI is InChI=1S/C12H16N4O2/c1-18-7-8(6-17)14-12-11(13)15-9-4-2-3-5-10(9)16-12/h2-5,8,17H,6-7H2,1H3,(H2,13,15)(H,14,16). The van der Waals surface area contributed by atoms with Gasteiger partial charge in [0.1, 0.15) is 0 Å². The van der Waals surface area contributed by atoms with E-state index in [2.05, 4.69) is 15.3 Å². The van der Waals surface area contributed by atoms with Crippen LogP contribution in [0.1, 0.15) is 0 Å². The number of hydrogen-bond acceptors (Lipinski definition) is 6. The van der Waals surface area contributed by atoms with Gasteiger partial charge in [-0.3, -0.25) is 0 Å². The lowest BCUT2D eigenvalue weighted by Crippen LogP contribution is -2.29. The van der Waals surface area contributed by atoms with Crippen molar-refractivity contribution < 1.29 is 9.84 Å². The second kappa shape index (κ2) is 5.61. The van der Waals surface area contributed by atoms with Gasteiger partial charge in [0.25, 0.3) is 0 Å². The van der Waals surface area contributed by atoms with Gasteiger partial charge in [-0.1, -0.05) is 12.1 Å². The van der Waals surface area contributed by atoms with E-state index in [1.807, 2.05) is 24.3 Å². The van der Waals surface area contributed by atoms with E-state index >= 15 is 0 Å². The van der Waals surface area contributed by atoms with Gasteiger partial charge >= 0.3 is 0 Å². The monoisotopic (exact) mass is 248 g/mol. The number of aliphatic hydroxyl groups is 1. The van der Waals surface area contributed by atoms with Crippen LogP contribution in [-0.2, 0) is 4.74 Å². The molecule has 1 unspecified atom stereocenters. The molecule has 0 aliphatic rings. The lowest BCUT2D eigenvalue weighted by molar-refractivity contribution is 0.153. The molecule has 0 fully saturated rings. The molecule has 2 aromatic rings. The van der Waals surface area contributed by atoms with E-state index in [-0.39, 0.29) is 12.6 Å². The Morgan fingerprint density at radius 3 is 2.61 bits per heavy atom. The van der Waals surface area contributed by atoms with E-state index in [1.165, 1.54) is 0 Å². The third-order valence-corrected chi connectivity index (χ3v) is 2.53. The molecule has 0 aliphatic carbocycles. The van der Waals surface area contributed by atoms with Crippen molar-refractivity contribution in [2.75, 3.05) is 31.4 Å². The molecule has 1 heterocycles. The lowest BCUT2D eigenvalue weighted by Gasteiger charge is -2.16. The van der Waals surface area contributed by atoms with E-state index < -0.39 is 0 Å². The zero-order valence-electron chi connectivity index (χ0n) is 10.1. The third-order valence-electron chi connectivity index (χ3n) is 2.53. The van der Waals surface area contributed by atoms with Crippen molar-refractivity contribution in [3.05, 3.63) is 24.3 Å². The molecule has 4 N–H and O–H groups in total. The van der Waals surface area contributed by atoms with Crippen LogP contribution in [-0.4, -0.2) is 41.4 Å². The molecule has 0 saturated carbocycles. The normalized spacial score (nSPS) is 12.6. The van der Waals surface area contributed by atoms with Crippen molar-refractivity contribution in [3.8, 4) is 0 Å². The van der Waals surface area contributed by atoms with Crippen LogP contribution in [0.25, 0.3) is 11.0 Å². The number of nitrogen functional groups attached to an aromatic ring is 1. The number of anilines is 2. The second-order valence-corrected chi connectivity index (χ2v) is 3.93. The summed E-state index contributed by atoms with van der Waals surface area (Å²) in [5.74, 6) is 0.771. The predicted octanol–water partition coefficient (Wildman–Crippen LogP) is 0.631. The first kappa shape index (κ1) is 12.5. The fraction of sp³-hybridized carbons (Fsp3) is 0.333. The maximum Gasteiger partial charge on any atom is 0.169 e. The maximum absolute atomic E-state index is 9.19. The number of nitrogens with one attached hydrogen (secondary N) is 1. The molecule has 0 amide bonds. The number of fused-ring (bicyclic) bond motifs is 1. The predicted molar refractivity (Wildman–Crippen MR) is 70.3 cm³/mol. The highest BCUT2D eigenvalue weighted by Crippen LogP contribution is 2.18. The Kier molecular flexibility index (Phi) is 3.91. The zero-order valence-corrected chi connectivity index (χ0v) is 10.1. The van der Waals surface area contributed by atoms with Crippen LogP contribution in [0.3, 0.4) is 0 Å². The van der Waals surface area contributed by atoms with Gasteiger partial charge in [0.05, 0.1) is 30.3 Å². The molecule has 0 bridgehead atoms. The molecule has 1 aromatic heterocycles. The SMILES string of the molecule is COCC(CO)Nc1nc2ccccc2nc1N. The Bertz CT molecular complexity index is 532. The van der Waals surface area contributed by atoms with Gasteiger partial charge in [0.2, 0.25) is 0 Å². The van der Waals surface area contributed by atoms with Crippen molar-refractivity contribution in [2.45, 2.75) is 6.04 Å². The number of benzene rings is 1. The molecule has 0 radical (unpaired) electrons. The zero-order chi connectivity index (χ0) is 13.0. The molecule has 0 spiro atoms. The molecule has 1 atom stereocenters. The number of para-hydroxylation sites is 2. The highest BCUT2D eigenvalue weighted by atomic mass is 16.5. The smallest absolute Gasteiger partial charge is 0.169 e. The minimum atomic E-state index is -0.257. The van der Waals surface area contributed by atoms with E-state index in [4.69, 9.17) is 10.5 Å². The van der Waals surface area contributed by atoms with E-state index in [0.717, 1.165) is 11.0 Å². The average molecular weight is 248 g/mol. The topological polar surface area (TPSA) is 93.3 Å². The second-order valence-electron chi connectivity index (χ2n) is 3.93. The number of aliphatic hydroxyl groups excluding tert-OH is 1. The largest absolute Gasteiger partial charge is 0.394 e. The van der Waals surface area contributed by atoms with Crippen LogP contribution in [0.2, 0.25) is 0 Å². The first-order valence-corrected chi connectivity index (χ1v) is 5.63. The number of nitrogens with zero attached hydrogens (tertiary/aromatic N) is 2. The molecule has 6 nitrogen and oxygen atoms in total. The highest BCUT2D eigenvalue weighted by molar-refractivity contribution is 5.79. The first-order valence-electron chi connectivity index (χ1n) is 5.63. The summed E-state index contributed by atoms with van der Waals surface area (Å²) in [5.41, 5.74) is 7.32. The summed E-state index contributed by atoms with van der Waals surface area (Å²) in [6.07, 6.45) is 0. The molecule has 0 aliphatic heterocycles. The van der Waals surface area contributed by atoms with Crippen molar-refractivity contribution in [1.29, 1.82) is 0 Å². The Labute approximate surface area is 105 Å². The van der Waals surface area contributed by atoms with Gasteiger partial charge < -0.3 is 20.9 Å². The molecular formula is C12H16N4O2. The van der Waals surface area contributed by atoms with E-state index in [9.17, 15) is 5.11 Å². The summed E-state index contributed by atoms with van der Waals surface area (Å²) >= 11 is 0. The summed E-state index contributed by atoms with van der Waals surface area (Å²) in [7, 11) is 1.57. The number of rotatable bonds is 5. The number of hydrogen-bond donors (Lipinski definition) is 3. The molecule has 0 saturated heterocycles. The van der Waals surface area contributed by atoms with Crippen molar-refractivity contribution in [2.24, 2.45) is 0 Å². The van der Waals surface area contributed by atoms with Gasteiger partial charge in [0.15, 0.2) is 11.6 Å². The van der Waals surface area contributed by atoms with Crippen LogP contribution in [0.5, 0.6) is 0 Å². The molecular weight excluding hydrogens is 232 g/mol. The van der Waals surface area contributed by atoms with Gasteiger partial charge in [0, 0.05) is 7.11 Å². The van der Waals surface area contributed by atoms with Crippen LogP contribution in [0.15, 0.2) is 24.3 Å². The fourth-order valence-corrected chi connectivity index (χ4v) is 1.65.